The molecule has 0 radical (unpaired) electrons. The number of furan rings is 1. The molecule has 0 spiro atoms. The predicted octanol–water partition coefficient (Wildman–Crippen LogP) is 14.4. The van der Waals surface area contributed by atoms with E-state index < -0.39 is 0 Å². The summed E-state index contributed by atoms with van der Waals surface area (Å²) in [6.45, 7) is 4.68. The smallest absolute Gasteiger partial charge is 0.136 e. The molecule has 0 amide bonds. The molecule has 0 saturated heterocycles. The van der Waals surface area contributed by atoms with Gasteiger partial charge in [-0.15, -0.1) is 0 Å². The fraction of sp³-hybridized carbons (Fsp3) is 0.0588. The van der Waals surface area contributed by atoms with Gasteiger partial charge in [-0.2, -0.15) is 0 Å². The molecule has 2 nitrogen and oxygen atoms in total. The molecule has 1 heterocycles. The van der Waals surface area contributed by atoms with E-state index in [0.29, 0.717) is 0 Å². The zero-order chi connectivity index (χ0) is 35.5. The summed E-state index contributed by atoms with van der Waals surface area (Å²) in [5.41, 5.74) is 17.5. The average Bonchev–Trinajstić information content (AvgIpc) is 3.71. The first kappa shape index (κ1) is 31.1. The average molecular weight is 680 g/mol. The first-order valence-electron chi connectivity index (χ1n) is 18.3. The lowest BCUT2D eigenvalue weighted by Gasteiger charge is -2.29. The monoisotopic (exact) mass is 679 g/mol. The zero-order valence-electron chi connectivity index (χ0n) is 29.8. The molecule has 252 valence electrons. The fourth-order valence-electron chi connectivity index (χ4n) is 8.49. The maximum absolute atomic E-state index is 6.30. The van der Waals surface area contributed by atoms with E-state index in [4.69, 9.17) is 4.42 Å². The van der Waals surface area contributed by atoms with Gasteiger partial charge in [-0.3, -0.25) is 0 Å². The third-order valence-corrected chi connectivity index (χ3v) is 11.1. The van der Waals surface area contributed by atoms with Crippen LogP contribution in [0.1, 0.15) is 25.0 Å². The molecule has 0 atom stereocenters. The molecule has 1 aliphatic rings. The Morgan fingerprint density at radius 3 is 1.87 bits per heavy atom. The van der Waals surface area contributed by atoms with Gasteiger partial charge in [-0.05, 0) is 98.6 Å². The van der Waals surface area contributed by atoms with Crippen molar-refractivity contribution in [3.05, 3.63) is 199 Å². The molecule has 1 aromatic heterocycles. The quantitative estimate of drug-likeness (QED) is 0.174. The number of hydrogen-bond acceptors (Lipinski definition) is 2. The first-order valence-corrected chi connectivity index (χ1v) is 18.3. The highest BCUT2D eigenvalue weighted by molar-refractivity contribution is 6.12. The van der Waals surface area contributed by atoms with Crippen LogP contribution in [0.3, 0.4) is 0 Å². The van der Waals surface area contributed by atoms with Crippen LogP contribution in [0.5, 0.6) is 0 Å². The van der Waals surface area contributed by atoms with E-state index in [9.17, 15) is 0 Å². The second kappa shape index (κ2) is 12.3. The standard InChI is InChI=1S/C51H37NO/c1-51(2)45-22-9-6-19-42(45)44-33-37(28-31-46(44)51)40-18-7-10-23-47(40)52(38-29-26-35(27-30-38)34-14-4-3-5-15-34)39-17-12-16-36(32-39)41-21-13-25-49-50(41)43-20-8-11-24-48(43)53-49/h3-33H,1-2H3. The van der Waals surface area contributed by atoms with Gasteiger partial charge in [0.15, 0.2) is 0 Å². The van der Waals surface area contributed by atoms with E-state index in [2.05, 4.69) is 195 Å². The topological polar surface area (TPSA) is 16.4 Å². The Labute approximate surface area is 310 Å². The van der Waals surface area contributed by atoms with Crippen LogP contribution in [0.2, 0.25) is 0 Å². The van der Waals surface area contributed by atoms with E-state index in [1.807, 2.05) is 12.1 Å². The molecule has 53 heavy (non-hydrogen) atoms. The summed E-state index contributed by atoms with van der Waals surface area (Å²) in [6.07, 6.45) is 0. The number of hydrogen-bond donors (Lipinski definition) is 0. The van der Waals surface area contributed by atoms with Crippen LogP contribution in [0, 0.1) is 0 Å². The Morgan fingerprint density at radius 1 is 0.396 bits per heavy atom. The maximum atomic E-state index is 6.30. The Kier molecular flexibility index (Phi) is 7.19. The fourth-order valence-corrected chi connectivity index (χ4v) is 8.49. The Balaban J connectivity index is 1.16. The molecule has 0 bridgehead atoms. The molecule has 0 fully saturated rings. The third kappa shape index (κ3) is 5.10. The summed E-state index contributed by atoms with van der Waals surface area (Å²) in [5.74, 6) is 0. The van der Waals surface area contributed by atoms with Gasteiger partial charge < -0.3 is 9.32 Å². The number of anilines is 3. The zero-order valence-corrected chi connectivity index (χ0v) is 29.8. The second-order valence-corrected chi connectivity index (χ2v) is 14.5. The highest BCUT2D eigenvalue weighted by Gasteiger charge is 2.35. The molecule has 0 unspecified atom stereocenters. The molecule has 8 aromatic carbocycles. The summed E-state index contributed by atoms with van der Waals surface area (Å²) in [4.78, 5) is 2.41. The van der Waals surface area contributed by atoms with Gasteiger partial charge in [0.25, 0.3) is 0 Å². The maximum Gasteiger partial charge on any atom is 0.136 e. The SMILES string of the molecule is CC1(C)c2ccccc2-c2cc(-c3ccccc3N(c3ccc(-c4ccccc4)cc3)c3cccc(-c4cccc5oc6ccccc6c45)c3)ccc21. The lowest BCUT2D eigenvalue weighted by molar-refractivity contribution is 0.660. The lowest BCUT2D eigenvalue weighted by Crippen LogP contribution is -2.14. The van der Waals surface area contributed by atoms with Crippen molar-refractivity contribution < 1.29 is 4.42 Å². The van der Waals surface area contributed by atoms with Crippen LogP contribution in [0.25, 0.3) is 66.4 Å². The van der Waals surface area contributed by atoms with E-state index in [-0.39, 0.29) is 5.41 Å². The van der Waals surface area contributed by atoms with Crippen molar-refractivity contribution >= 4 is 39.0 Å². The van der Waals surface area contributed by atoms with Gasteiger partial charge in [0.1, 0.15) is 11.2 Å². The molecular weight excluding hydrogens is 643 g/mol. The van der Waals surface area contributed by atoms with Crippen LogP contribution in [-0.2, 0) is 5.41 Å². The van der Waals surface area contributed by atoms with E-state index >= 15 is 0 Å². The van der Waals surface area contributed by atoms with Crippen LogP contribution in [0.15, 0.2) is 192 Å². The molecule has 1 aliphatic carbocycles. The number of rotatable bonds is 6. The summed E-state index contributed by atoms with van der Waals surface area (Å²) >= 11 is 0. The number of para-hydroxylation sites is 2. The predicted molar refractivity (Wildman–Crippen MR) is 222 cm³/mol. The van der Waals surface area contributed by atoms with Gasteiger partial charge in [-0.1, -0.05) is 153 Å². The number of benzene rings is 8. The van der Waals surface area contributed by atoms with Crippen LogP contribution >= 0.6 is 0 Å². The summed E-state index contributed by atoms with van der Waals surface area (Å²) < 4.78 is 6.30. The van der Waals surface area contributed by atoms with Crippen molar-refractivity contribution in [2.45, 2.75) is 19.3 Å². The van der Waals surface area contributed by atoms with Gasteiger partial charge in [0.05, 0.1) is 5.69 Å². The van der Waals surface area contributed by atoms with Gasteiger partial charge in [0, 0.05) is 33.1 Å². The van der Waals surface area contributed by atoms with Crippen molar-refractivity contribution in [3.8, 4) is 44.5 Å². The van der Waals surface area contributed by atoms with E-state index in [1.54, 1.807) is 0 Å². The van der Waals surface area contributed by atoms with E-state index in [1.165, 1.54) is 44.5 Å². The summed E-state index contributed by atoms with van der Waals surface area (Å²) in [7, 11) is 0. The van der Waals surface area contributed by atoms with Crippen LogP contribution in [0.4, 0.5) is 17.1 Å². The highest BCUT2D eigenvalue weighted by Crippen LogP contribution is 2.51. The number of nitrogens with zero attached hydrogens (tertiary/aromatic N) is 1. The van der Waals surface area contributed by atoms with Crippen molar-refractivity contribution in [2.75, 3.05) is 4.90 Å². The second-order valence-electron chi connectivity index (χ2n) is 14.5. The minimum atomic E-state index is -0.0415. The Morgan fingerprint density at radius 2 is 1.00 bits per heavy atom. The molecule has 9 aromatic rings. The van der Waals surface area contributed by atoms with Gasteiger partial charge in [-0.25, -0.2) is 0 Å². The van der Waals surface area contributed by atoms with Crippen molar-refractivity contribution in [3.63, 3.8) is 0 Å². The minimum Gasteiger partial charge on any atom is -0.456 e. The van der Waals surface area contributed by atoms with Crippen molar-refractivity contribution in [1.29, 1.82) is 0 Å². The molecule has 0 aliphatic heterocycles. The minimum absolute atomic E-state index is 0.0415. The van der Waals surface area contributed by atoms with Crippen LogP contribution in [-0.4, -0.2) is 0 Å². The lowest BCUT2D eigenvalue weighted by atomic mass is 9.82. The highest BCUT2D eigenvalue weighted by atomic mass is 16.3. The van der Waals surface area contributed by atoms with Crippen molar-refractivity contribution in [1.82, 2.24) is 0 Å². The Bertz CT molecular complexity index is 2810. The molecular formula is C51H37NO. The first-order chi connectivity index (χ1) is 26.0. The summed E-state index contributed by atoms with van der Waals surface area (Å²) in [6, 6.07) is 67.9. The van der Waals surface area contributed by atoms with Crippen molar-refractivity contribution in [2.24, 2.45) is 0 Å². The molecule has 10 rings (SSSR count). The van der Waals surface area contributed by atoms with Crippen LogP contribution < -0.4 is 4.90 Å². The van der Waals surface area contributed by atoms with Gasteiger partial charge in [0.2, 0.25) is 0 Å². The molecule has 0 saturated carbocycles. The normalized spacial score (nSPS) is 12.9. The summed E-state index contributed by atoms with van der Waals surface area (Å²) in [5, 5.41) is 2.27. The van der Waals surface area contributed by atoms with E-state index in [0.717, 1.165) is 50.1 Å². The third-order valence-electron chi connectivity index (χ3n) is 11.1. The number of fused-ring (bicyclic) bond motifs is 6. The molecule has 0 N–H and O–H groups in total. The Hall–Kier alpha value is -6.64. The van der Waals surface area contributed by atoms with Gasteiger partial charge >= 0.3 is 0 Å². The molecule has 2 heteroatoms. The largest absolute Gasteiger partial charge is 0.456 e.